The average molecular weight is 655 g/mol. The van der Waals surface area contributed by atoms with Crippen molar-refractivity contribution >= 4 is 50.0 Å². The van der Waals surface area contributed by atoms with Crippen LogP contribution in [0.4, 0.5) is 4.39 Å². The summed E-state index contributed by atoms with van der Waals surface area (Å²) >= 11 is 7.65. The van der Waals surface area contributed by atoms with E-state index in [4.69, 9.17) is 16.3 Å². The summed E-state index contributed by atoms with van der Waals surface area (Å²) in [6.45, 7) is 6.96. The molecule has 13 heteroatoms. The molecule has 0 saturated heterocycles. The van der Waals surface area contributed by atoms with Gasteiger partial charge in [0.05, 0.1) is 50.9 Å². The van der Waals surface area contributed by atoms with Crippen LogP contribution in [0.3, 0.4) is 0 Å². The molecular weight excluding hydrogens is 631 g/mol. The van der Waals surface area contributed by atoms with Gasteiger partial charge in [0.15, 0.2) is 0 Å². The summed E-state index contributed by atoms with van der Waals surface area (Å²) in [4.78, 5) is 43.4. The predicted octanol–water partition coefficient (Wildman–Crippen LogP) is 6.81. The summed E-state index contributed by atoms with van der Waals surface area (Å²) in [5.74, 6) is -0.793. The van der Waals surface area contributed by atoms with Gasteiger partial charge in [0.25, 0.3) is 5.56 Å². The van der Waals surface area contributed by atoms with Crippen LogP contribution >= 0.6 is 22.9 Å². The van der Waals surface area contributed by atoms with Crippen molar-refractivity contribution in [3.8, 4) is 34.2 Å². The van der Waals surface area contributed by atoms with Gasteiger partial charge in [0.1, 0.15) is 35.6 Å². The van der Waals surface area contributed by atoms with E-state index in [2.05, 4.69) is 26.0 Å². The van der Waals surface area contributed by atoms with E-state index in [0.29, 0.717) is 55.0 Å². The first-order valence-corrected chi connectivity index (χ1v) is 15.2. The zero-order valence-corrected chi connectivity index (χ0v) is 26.5. The Balaban J connectivity index is 1.40. The summed E-state index contributed by atoms with van der Waals surface area (Å²) in [5, 5.41) is 21.9. The number of rotatable bonds is 7. The van der Waals surface area contributed by atoms with Crippen LogP contribution in [-0.2, 0) is 6.54 Å². The number of aryl methyl sites for hydroxylation is 4. The third-order valence-corrected chi connectivity index (χ3v) is 8.81. The number of carboxylic acids is 1. The Morgan fingerprint density at radius 1 is 1.07 bits per heavy atom. The summed E-state index contributed by atoms with van der Waals surface area (Å²) in [6.07, 6.45) is 1.08. The molecule has 46 heavy (non-hydrogen) atoms. The van der Waals surface area contributed by atoms with Crippen molar-refractivity contribution in [1.82, 2.24) is 24.5 Å². The third kappa shape index (κ3) is 5.33. The topological polar surface area (TPSA) is 144 Å². The highest BCUT2D eigenvalue weighted by molar-refractivity contribution is 7.18. The summed E-state index contributed by atoms with van der Waals surface area (Å²) in [6, 6.07) is 10.3. The highest BCUT2D eigenvalue weighted by atomic mass is 35.5. The first-order chi connectivity index (χ1) is 22.0. The lowest BCUT2D eigenvalue weighted by molar-refractivity contribution is 0.0699. The van der Waals surface area contributed by atoms with Crippen LogP contribution in [0.5, 0.6) is 5.75 Å². The fraction of sp³-hybridized carbons (Fsp3) is 0.182. The maximum atomic E-state index is 14.1. The van der Waals surface area contributed by atoms with Gasteiger partial charge in [-0.05, 0) is 58.0 Å². The molecule has 0 aliphatic heterocycles. The number of fused-ring (bicyclic) bond motifs is 2. The van der Waals surface area contributed by atoms with Gasteiger partial charge < -0.3 is 9.84 Å². The van der Waals surface area contributed by atoms with E-state index in [0.717, 1.165) is 11.8 Å². The molecule has 0 amide bonds. The summed E-state index contributed by atoms with van der Waals surface area (Å²) < 4.78 is 22.5. The van der Waals surface area contributed by atoms with Crippen molar-refractivity contribution < 1.29 is 19.0 Å². The Morgan fingerprint density at radius 3 is 2.59 bits per heavy atom. The zero-order valence-electron chi connectivity index (χ0n) is 25.0. The predicted molar refractivity (Wildman–Crippen MR) is 173 cm³/mol. The number of halogens is 2. The largest absolute Gasteiger partial charge is 0.491 e. The number of hydrogen-bond donors (Lipinski definition) is 1. The minimum absolute atomic E-state index is 0.0167. The van der Waals surface area contributed by atoms with Gasteiger partial charge in [-0.2, -0.15) is 5.26 Å². The molecule has 5 heterocycles. The van der Waals surface area contributed by atoms with E-state index in [1.165, 1.54) is 22.0 Å². The van der Waals surface area contributed by atoms with Gasteiger partial charge in [-0.25, -0.2) is 19.2 Å². The molecule has 0 atom stereocenters. The SMILES string of the molecule is Cc1cc(-c2cc(Cl)ccc2OCCn2c(C)nc3c(C)nc(-c4cc(F)cnc4C)c(C#N)c3c2=O)c2scc(C(=O)O)c2n1. The number of ether oxygens (including phenoxy) is 1. The third-order valence-electron chi connectivity index (χ3n) is 7.58. The van der Waals surface area contributed by atoms with E-state index in [1.807, 2.05) is 6.07 Å². The van der Waals surface area contributed by atoms with Crippen LogP contribution in [0, 0.1) is 44.8 Å². The monoisotopic (exact) mass is 654 g/mol. The second kappa shape index (κ2) is 11.9. The van der Waals surface area contributed by atoms with Crippen LogP contribution in [0.25, 0.3) is 43.5 Å². The molecule has 0 radical (unpaired) electrons. The van der Waals surface area contributed by atoms with Crippen LogP contribution < -0.4 is 10.3 Å². The number of nitrogens with zero attached hydrogens (tertiary/aromatic N) is 6. The molecule has 1 aromatic carbocycles. The molecule has 0 spiro atoms. The second-order valence-corrected chi connectivity index (χ2v) is 11.9. The van der Waals surface area contributed by atoms with E-state index >= 15 is 0 Å². The van der Waals surface area contributed by atoms with Gasteiger partial charge in [0, 0.05) is 38.5 Å². The maximum absolute atomic E-state index is 14.1. The van der Waals surface area contributed by atoms with E-state index in [-0.39, 0.29) is 40.9 Å². The quantitative estimate of drug-likeness (QED) is 0.196. The molecule has 230 valence electrons. The molecule has 10 nitrogen and oxygen atoms in total. The van der Waals surface area contributed by atoms with Gasteiger partial charge >= 0.3 is 5.97 Å². The number of carboxylic acid groups (broad SMARTS) is 1. The fourth-order valence-electron chi connectivity index (χ4n) is 5.43. The molecule has 1 N–H and O–H groups in total. The van der Waals surface area contributed by atoms with Crippen LogP contribution in [0.1, 0.15) is 38.8 Å². The Bertz CT molecular complexity index is 2350. The number of benzene rings is 1. The van der Waals surface area contributed by atoms with Gasteiger partial charge in [-0.1, -0.05) is 11.6 Å². The van der Waals surface area contributed by atoms with Crippen LogP contribution in [-0.4, -0.2) is 42.2 Å². The Morgan fingerprint density at radius 2 is 1.85 bits per heavy atom. The van der Waals surface area contributed by atoms with Crippen molar-refractivity contribution in [3.05, 3.63) is 97.1 Å². The minimum atomic E-state index is -1.07. The Hall–Kier alpha value is -5.25. The van der Waals surface area contributed by atoms with Gasteiger partial charge in [0.2, 0.25) is 0 Å². The fourth-order valence-corrected chi connectivity index (χ4v) is 6.62. The lowest BCUT2D eigenvalue weighted by atomic mass is 10.0. The molecule has 0 fully saturated rings. The minimum Gasteiger partial charge on any atom is -0.491 e. The number of hydrogen-bond acceptors (Lipinski definition) is 9. The highest BCUT2D eigenvalue weighted by Crippen LogP contribution is 2.40. The van der Waals surface area contributed by atoms with Crippen molar-refractivity contribution in [1.29, 1.82) is 5.26 Å². The van der Waals surface area contributed by atoms with Crippen molar-refractivity contribution in [2.45, 2.75) is 34.2 Å². The lowest BCUT2D eigenvalue weighted by Gasteiger charge is -2.16. The highest BCUT2D eigenvalue weighted by Gasteiger charge is 2.23. The maximum Gasteiger partial charge on any atom is 0.338 e. The number of nitriles is 1. The van der Waals surface area contributed by atoms with E-state index in [9.17, 15) is 24.3 Å². The Kier molecular flexibility index (Phi) is 7.97. The molecule has 5 aromatic heterocycles. The first kappa shape index (κ1) is 30.8. The smallest absolute Gasteiger partial charge is 0.338 e. The van der Waals surface area contributed by atoms with E-state index < -0.39 is 17.3 Å². The zero-order chi connectivity index (χ0) is 32.9. The number of aromatic nitrogens is 5. The number of pyridine rings is 3. The normalized spacial score (nSPS) is 11.2. The molecule has 6 rings (SSSR count). The number of aromatic carboxylic acids is 1. The number of thiophene rings is 1. The molecule has 0 aliphatic carbocycles. The number of carbonyl (C=O) groups is 1. The second-order valence-electron chi connectivity index (χ2n) is 10.6. The van der Waals surface area contributed by atoms with Crippen LogP contribution in [0.15, 0.2) is 46.7 Å². The van der Waals surface area contributed by atoms with Gasteiger partial charge in [-0.15, -0.1) is 11.3 Å². The summed E-state index contributed by atoms with van der Waals surface area (Å²) in [7, 11) is 0. The van der Waals surface area contributed by atoms with Crippen LogP contribution in [0.2, 0.25) is 5.02 Å². The molecule has 0 aliphatic rings. The molecule has 0 bridgehead atoms. The standard InChI is InChI=1S/C33H24ClFN6O4S/c1-15-9-23(31-30(38-15)25(14-46-31)33(43)44)22-10-19(34)5-6-26(22)45-8-7-41-18(4)40-28-17(3)39-29(24(12-36)27(28)32(41)42)21-11-20(35)13-37-16(21)2/h5-6,9-11,13-14H,7-8H2,1-4H3,(H,43,44). The van der Waals surface area contributed by atoms with Gasteiger partial charge in [-0.3, -0.25) is 19.3 Å². The summed E-state index contributed by atoms with van der Waals surface area (Å²) in [5.41, 5.74) is 3.63. The van der Waals surface area contributed by atoms with Crippen molar-refractivity contribution in [3.63, 3.8) is 0 Å². The first-order valence-electron chi connectivity index (χ1n) is 14.0. The molecule has 6 aromatic rings. The molecule has 0 unspecified atom stereocenters. The van der Waals surface area contributed by atoms with Crippen molar-refractivity contribution in [2.24, 2.45) is 0 Å². The molecule has 0 saturated carbocycles. The van der Waals surface area contributed by atoms with E-state index in [1.54, 1.807) is 51.3 Å². The lowest BCUT2D eigenvalue weighted by Crippen LogP contribution is -2.27. The average Bonchev–Trinajstić information content (AvgIpc) is 3.44. The van der Waals surface area contributed by atoms with Crippen molar-refractivity contribution in [2.75, 3.05) is 6.61 Å². The molecular formula is C33H24ClFN6O4S. The Labute approximate surface area is 270 Å².